The number of carbonyl (C=O) groups is 2. The molecule has 3 aliphatic carbocycles. The Balaban J connectivity index is 1.79. The van der Waals surface area contributed by atoms with Crippen LogP contribution in [0.4, 0.5) is 0 Å². The van der Waals surface area contributed by atoms with Gasteiger partial charge in [-0.15, -0.1) is 0 Å². The number of hydrogen-bond acceptors (Lipinski definition) is 5. The van der Waals surface area contributed by atoms with Crippen molar-refractivity contribution in [2.45, 2.75) is 71.8 Å². The number of phenolic OH excluding ortho intramolecular Hbond substituents is 2. The third kappa shape index (κ3) is 2.51. The lowest BCUT2D eigenvalue weighted by Crippen LogP contribution is -2.64. The van der Waals surface area contributed by atoms with Crippen LogP contribution in [0.25, 0.3) is 0 Å². The SMILES string of the molecule is CC(C)CC(=O)c1c(O)c(C=O)c2c(c1O)CC[C@@]1(CC[C@@H]3C[C@H]1C3(C)C)O2. The second-order valence-corrected chi connectivity index (χ2v) is 9.94. The van der Waals surface area contributed by atoms with Crippen molar-refractivity contribution in [3.63, 3.8) is 0 Å². The van der Waals surface area contributed by atoms with Crippen LogP contribution < -0.4 is 4.74 Å². The molecule has 5 rings (SSSR count). The normalized spacial score (nSPS) is 29.8. The molecule has 3 atom stereocenters. The molecule has 1 aliphatic heterocycles. The van der Waals surface area contributed by atoms with Crippen LogP contribution in [0.5, 0.6) is 17.2 Å². The van der Waals surface area contributed by atoms with Gasteiger partial charge in [0.2, 0.25) is 0 Å². The van der Waals surface area contributed by atoms with E-state index < -0.39 is 5.75 Å². The van der Waals surface area contributed by atoms with Gasteiger partial charge in [-0.25, -0.2) is 0 Å². The highest BCUT2D eigenvalue weighted by atomic mass is 16.5. The van der Waals surface area contributed by atoms with Crippen LogP contribution >= 0.6 is 0 Å². The number of benzene rings is 1. The van der Waals surface area contributed by atoms with Gasteiger partial charge in [0, 0.05) is 17.9 Å². The van der Waals surface area contributed by atoms with Crippen molar-refractivity contribution in [2.24, 2.45) is 23.2 Å². The van der Waals surface area contributed by atoms with E-state index in [9.17, 15) is 19.8 Å². The molecule has 1 aromatic rings. The molecule has 1 aromatic carbocycles. The van der Waals surface area contributed by atoms with Crippen LogP contribution in [-0.2, 0) is 6.42 Å². The number of Topliss-reactive ketones (excluding diaryl/α,β-unsaturated/α-hetero) is 1. The molecule has 2 N–H and O–H groups in total. The molecule has 28 heavy (non-hydrogen) atoms. The summed E-state index contributed by atoms with van der Waals surface area (Å²) in [5.74, 6) is 0.456. The molecule has 4 aliphatic rings. The number of carbonyl (C=O) groups excluding carboxylic acids is 2. The molecule has 152 valence electrons. The summed E-state index contributed by atoms with van der Waals surface area (Å²) in [7, 11) is 0. The Morgan fingerprint density at radius 2 is 1.96 bits per heavy atom. The lowest BCUT2D eigenvalue weighted by atomic mass is 9.43. The topological polar surface area (TPSA) is 83.8 Å². The molecular formula is C23H30O5. The van der Waals surface area contributed by atoms with E-state index in [1.54, 1.807) is 0 Å². The predicted molar refractivity (Wildman–Crippen MR) is 105 cm³/mol. The first-order valence-corrected chi connectivity index (χ1v) is 10.4. The van der Waals surface area contributed by atoms with Crippen LogP contribution in [0.2, 0.25) is 0 Å². The summed E-state index contributed by atoms with van der Waals surface area (Å²) in [5.41, 5.74) is 0.191. The lowest BCUT2D eigenvalue weighted by molar-refractivity contribution is -0.195. The van der Waals surface area contributed by atoms with Crippen LogP contribution in [0, 0.1) is 23.2 Å². The minimum atomic E-state index is -0.449. The molecule has 1 spiro atoms. The smallest absolute Gasteiger partial charge is 0.170 e. The molecule has 5 heteroatoms. The van der Waals surface area contributed by atoms with E-state index in [0.717, 1.165) is 31.6 Å². The van der Waals surface area contributed by atoms with Gasteiger partial charge in [0.15, 0.2) is 12.1 Å². The molecule has 0 aromatic heterocycles. The van der Waals surface area contributed by atoms with Crippen LogP contribution in [0.3, 0.4) is 0 Å². The van der Waals surface area contributed by atoms with Crippen molar-refractivity contribution in [1.82, 2.24) is 0 Å². The maximum atomic E-state index is 12.6. The van der Waals surface area contributed by atoms with Crippen molar-refractivity contribution >= 4 is 12.1 Å². The van der Waals surface area contributed by atoms with Gasteiger partial charge in [0.25, 0.3) is 0 Å². The highest BCUT2D eigenvalue weighted by molar-refractivity contribution is 6.05. The van der Waals surface area contributed by atoms with E-state index in [1.165, 1.54) is 0 Å². The summed E-state index contributed by atoms with van der Waals surface area (Å²) in [6, 6.07) is 0. The Labute approximate surface area is 166 Å². The standard InChI is InChI=1S/C23H30O5/c1-12(2)9-16(25)18-19(26)14-6-8-23(28-21(14)15(11-24)20(18)27)7-5-13-10-17(23)22(13,3)4/h11-13,17,26-27H,5-10H2,1-4H3/t13-,17+,23-/m1/s1. The van der Waals surface area contributed by atoms with Crippen molar-refractivity contribution in [2.75, 3.05) is 0 Å². The third-order valence-electron chi connectivity index (χ3n) is 7.65. The van der Waals surface area contributed by atoms with Gasteiger partial charge in [0.1, 0.15) is 28.4 Å². The largest absolute Gasteiger partial charge is 0.507 e. The fraction of sp³-hybridized carbons (Fsp3) is 0.652. The Kier molecular flexibility index (Phi) is 4.29. The maximum Gasteiger partial charge on any atom is 0.170 e. The third-order valence-corrected chi connectivity index (χ3v) is 7.65. The Bertz CT molecular complexity index is 851. The summed E-state index contributed by atoms with van der Waals surface area (Å²) in [6.07, 6.45) is 5.20. The number of ether oxygens (including phenoxy) is 1. The predicted octanol–water partition coefficient (Wildman–Crippen LogP) is 4.66. The minimum absolute atomic E-state index is 0.00164. The second-order valence-electron chi connectivity index (χ2n) is 9.94. The molecule has 3 saturated carbocycles. The number of aldehydes is 1. The summed E-state index contributed by atoms with van der Waals surface area (Å²) >= 11 is 0. The number of phenols is 2. The second kappa shape index (κ2) is 6.23. The number of hydrogen-bond donors (Lipinski definition) is 2. The first-order chi connectivity index (χ1) is 13.1. The molecule has 2 bridgehead atoms. The van der Waals surface area contributed by atoms with Crippen molar-refractivity contribution in [3.8, 4) is 17.2 Å². The van der Waals surface area contributed by atoms with E-state index >= 15 is 0 Å². The first kappa shape index (κ1) is 19.3. The Morgan fingerprint density at radius 3 is 2.54 bits per heavy atom. The van der Waals surface area contributed by atoms with Gasteiger partial charge in [-0.05, 0) is 49.4 Å². The van der Waals surface area contributed by atoms with E-state index in [1.807, 2.05) is 13.8 Å². The van der Waals surface area contributed by atoms with Gasteiger partial charge in [-0.3, -0.25) is 9.59 Å². The molecule has 0 unspecified atom stereocenters. The number of fused-ring (bicyclic) bond motifs is 2. The van der Waals surface area contributed by atoms with Crippen LogP contribution in [0.1, 0.15) is 86.1 Å². The van der Waals surface area contributed by atoms with Gasteiger partial charge < -0.3 is 14.9 Å². The van der Waals surface area contributed by atoms with E-state index in [0.29, 0.717) is 24.2 Å². The zero-order chi connectivity index (χ0) is 20.4. The number of rotatable bonds is 4. The molecule has 3 fully saturated rings. The van der Waals surface area contributed by atoms with Crippen LogP contribution in [0.15, 0.2) is 0 Å². The van der Waals surface area contributed by atoms with E-state index in [4.69, 9.17) is 4.74 Å². The van der Waals surface area contributed by atoms with Gasteiger partial charge in [0.05, 0.1) is 5.56 Å². The fourth-order valence-electron chi connectivity index (χ4n) is 5.97. The Hall–Kier alpha value is -2.04. The van der Waals surface area contributed by atoms with Gasteiger partial charge in [-0.1, -0.05) is 27.7 Å². The summed E-state index contributed by atoms with van der Waals surface area (Å²) in [6.45, 7) is 8.37. The Morgan fingerprint density at radius 1 is 1.25 bits per heavy atom. The van der Waals surface area contributed by atoms with Crippen LogP contribution in [-0.4, -0.2) is 27.9 Å². The minimum Gasteiger partial charge on any atom is -0.507 e. The summed E-state index contributed by atoms with van der Waals surface area (Å²) < 4.78 is 6.48. The summed E-state index contributed by atoms with van der Waals surface area (Å²) in [5, 5.41) is 21.5. The van der Waals surface area contributed by atoms with E-state index in [2.05, 4.69) is 13.8 Å². The maximum absolute atomic E-state index is 12.6. The molecule has 1 heterocycles. The molecule has 0 amide bonds. The first-order valence-electron chi connectivity index (χ1n) is 10.4. The summed E-state index contributed by atoms with van der Waals surface area (Å²) in [4.78, 5) is 24.5. The number of ketones is 1. The van der Waals surface area contributed by atoms with Crippen molar-refractivity contribution in [1.29, 1.82) is 0 Å². The highest BCUT2D eigenvalue weighted by Gasteiger charge is 2.63. The lowest BCUT2D eigenvalue weighted by Gasteiger charge is -2.65. The van der Waals surface area contributed by atoms with E-state index in [-0.39, 0.29) is 51.8 Å². The monoisotopic (exact) mass is 386 g/mol. The molecule has 0 saturated heterocycles. The molecule has 0 radical (unpaired) electrons. The average Bonchev–Trinajstić information content (AvgIpc) is 2.61. The quantitative estimate of drug-likeness (QED) is 0.581. The van der Waals surface area contributed by atoms with Gasteiger partial charge in [-0.2, -0.15) is 0 Å². The average molecular weight is 386 g/mol. The zero-order valence-electron chi connectivity index (χ0n) is 17.2. The van der Waals surface area contributed by atoms with Crippen molar-refractivity contribution < 1.29 is 24.5 Å². The number of aromatic hydroxyl groups is 2. The molecular weight excluding hydrogens is 356 g/mol. The van der Waals surface area contributed by atoms with Gasteiger partial charge >= 0.3 is 0 Å². The van der Waals surface area contributed by atoms with Crippen molar-refractivity contribution in [3.05, 3.63) is 16.7 Å². The molecule has 5 nitrogen and oxygen atoms in total. The highest BCUT2D eigenvalue weighted by Crippen LogP contribution is 2.66. The fourth-order valence-corrected chi connectivity index (χ4v) is 5.97. The zero-order valence-corrected chi connectivity index (χ0v) is 17.2.